The van der Waals surface area contributed by atoms with Crippen molar-refractivity contribution in [3.8, 4) is 28.3 Å². The number of pyridine rings is 1. The molecule has 3 heterocycles. The number of nitrogens with zero attached hydrogens (tertiary/aromatic N) is 4. The number of fused-ring (bicyclic) bond motifs is 1. The fraction of sp³-hybridized carbons (Fsp3) is 0.333. The van der Waals surface area contributed by atoms with Crippen LogP contribution in [0.15, 0.2) is 46.0 Å². The zero-order chi connectivity index (χ0) is 33.6. The largest absolute Gasteiger partial charge is 0.481 e. The molecule has 2 atom stereocenters. The number of hydrogen-bond donors (Lipinski definition) is 3. The number of aryl methyl sites for hydroxylation is 2. The summed E-state index contributed by atoms with van der Waals surface area (Å²) in [5.41, 5.74) is 2.38. The molecule has 14 heteroatoms. The van der Waals surface area contributed by atoms with E-state index in [4.69, 9.17) is 21.3 Å². The Hall–Kier alpha value is -4.88. The third-order valence-electron chi connectivity index (χ3n) is 8.80. The van der Waals surface area contributed by atoms with Gasteiger partial charge in [-0.15, -0.1) is 0 Å². The molecule has 6 rings (SSSR count). The second kappa shape index (κ2) is 12.7. The summed E-state index contributed by atoms with van der Waals surface area (Å²) in [7, 11) is 4.15. The summed E-state index contributed by atoms with van der Waals surface area (Å²) in [5, 5.41) is 13.2. The molecule has 0 spiro atoms. The summed E-state index contributed by atoms with van der Waals surface area (Å²) >= 11 is 6.95. The molecule has 0 radical (unpaired) electrons. The highest BCUT2D eigenvalue weighted by Crippen LogP contribution is 2.44. The lowest BCUT2D eigenvalue weighted by atomic mass is 9.95. The normalized spacial score (nSPS) is 17.0. The van der Waals surface area contributed by atoms with Gasteiger partial charge in [0.25, 0.3) is 11.5 Å². The minimum Gasteiger partial charge on any atom is -0.481 e. The summed E-state index contributed by atoms with van der Waals surface area (Å²) in [5.74, 6) is -0.878. The molecule has 1 aliphatic carbocycles. The molecule has 2 aromatic carbocycles. The quantitative estimate of drug-likeness (QED) is 0.260. The van der Waals surface area contributed by atoms with Crippen LogP contribution in [0.5, 0.6) is 5.88 Å². The van der Waals surface area contributed by atoms with Crippen LogP contribution in [-0.2, 0) is 25.3 Å². The minimum absolute atomic E-state index is 0.00927. The van der Waals surface area contributed by atoms with E-state index in [9.17, 15) is 19.2 Å². The van der Waals surface area contributed by atoms with Gasteiger partial charge in [0.15, 0.2) is 0 Å². The second-order valence-electron chi connectivity index (χ2n) is 11.7. The Morgan fingerprint density at radius 1 is 1.13 bits per heavy atom. The van der Waals surface area contributed by atoms with Crippen molar-refractivity contribution in [2.75, 3.05) is 19.0 Å². The van der Waals surface area contributed by atoms with Gasteiger partial charge < -0.3 is 20.7 Å². The number of halogens is 2. The molecule has 2 aromatic heterocycles. The third-order valence-corrected chi connectivity index (χ3v) is 9.20. The second-order valence-corrected chi connectivity index (χ2v) is 12.1. The van der Waals surface area contributed by atoms with Gasteiger partial charge in [0, 0.05) is 61.5 Å². The fourth-order valence-electron chi connectivity index (χ4n) is 6.28. The van der Waals surface area contributed by atoms with Crippen LogP contribution in [0.3, 0.4) is 0 Å². The number of ether oxygens (including phenoxy) is 1. The highest BCUT2D eigenvalue weighted by molar-refractivity contribution is 6.36. The van der Waals surface area contributed by atoms with Crippen molar-refractivity contribution in [2.24, 2.45) is 14.1 Å². The van der Waals surface area contributed by atoms with Crippen molar-refractivity contribution in [3.05, 3.63) is 90.5 Å². The molecule has 2 unspecified atom stereocenters. The lowest BCUT2D eigenvalue weighted by Gasteiger charge is -2.20. The van der Waals surface area contributed by atoms with E-state index >= 15 is 4.39 Å². The molecule has 244 valence electrons. The number of benzene rings is 2. The zero-order valence-electron chi connectivity index (χ0n) is 26.2. The minimum atomic E-state index is -0.845. The van der Waals surface area contributed by atoms with Gasteiger partial charge in [0.1, 0.15) is 5.82 Å². The SMILES string of the molecule is COc1nc(-c2ccc(F)c(-c3cccc(NC(=O)c4nn(C)c(=O)n(C)c4=O)c3C)c2Cl)cc2c1C(NCC1CCC(=O)N1)CC2. The van der Waals surface area contributed by atoms with Gasteiger partial charge >= 0.3 is 5.69 Å². The van der Waals surface area contributed by atoms with Gasteiger partial charge in [-0.2, -0.15) is 5.10 Å². The first-order chi connectivity index (χ1) is 22.5. The van der Waals surface area contributed by atoms with E-state index in [-0.39, 0.29) is 28.6 Å². The third kappa shape index (κ3) is 5.92. The monoisotopic (exact) mass is 661 g/mol. The van der Waals surface area contributed by atoms with E-state index in [1.165, 1.54) is 20.2 Å². The van der Waals surface area contributed by atoms with Crippen LogP contribution in [0.2, 0.25) is 5.02 Å². The Morgan fingerprint density at radius 3 is 2.64 bits per heavy atom. The molecule has 2 amide bonds. The number of rotatable bonds is 8. The van der Waals surface area contributed by atoms with Crippen molar-refractivity contribution in [3.63, 3.8) is 0 Å². The van der Waals surface area contributed by atoms with Crippen molar-refractivity contribution in [1.82, 2.24) is 30.0 Å². The van der Waals surface area contributed by atoms with E-state index in [0.29, 0.717) is 46.9 Å². The van der Waals surface area contributed by atoms with E-state index in [2.05, 4.69) is 21.0 Å². The average molecular weight is 662 g/mol. The predicted molar refractivity (Wildman–Crippen MR) is 174 cm³/mol. The predicted octanol–water partition coefficient (Wildman–Crippen LogP) is 3.43. The number of methoxy groups -OCH3 is 1. The molecule has 0 bridgehead atoms. The average Bonchev–Trinajstić information content (AvgIpc) is 3.67. The Balaban J connectivity index is 1.32. The van der Waals surface area contributed by atoms with Crippen LogP contribution in [0.4, 0.5) is 10.1 Å². The van der Waals surface area contributed by atoms with Gasteiger partial charge in [-0.25, -0.2) is 18.9 Å². The molecule has 4 aromatic rings. The van der Waals surface area contributed by atoms with Gasteiger partial charge in [0.2, 0.25) is 17.5 Å². The number of nitrogens with one attached hydrogen (secondary N) is 3. The van der Waals surface area contributed by atoms with Crippen LogP contribution >= 0.6 is 11.6 Å². The number of hydrogen-bond acceptors (Lipinski definition) is 8. The molecule has 1 aliphatic heterocycles. The first-order valence-corrected chi connectivity index (χ1v) is 15.5. The van der Waals surface area contributed by atoms with Crippen molar-refractivity contribution < 1.29 is 18.7 Å². The zero-order valence-corrected chi connectivity index (χ0v) is 27.0. The highest BCUT2D eigenvalue weighted by atomic mass is 35.5. The van der Waals surface area contributed by atoms with E-state index in [1.54, 1.807) is 38.3 Å². The molecular formula is C33H33ClFN7O5. The molecule has 3 N–H and O–H groups in total. The number of carbonyl (C=O) groups is 2. The summed E-state index contributed by atoms with van der Waals surface area (Å²) in [6.07, 6.45) is 2.94. The maximum absolute atomic E-state index is 15.6. The van der Waals surface area contributed by atoms with Crippen LogP contribution in [0.25, 0.3) is 22.4 Å². The summed E-state index contributed by atoms with van der Waals surface area (Å²) in [6, 6.07) is 9.87. The van der Waals surface area contributed by atoms with Gasteiger partial charge in [-0.1, -0.05) is 23.7 Å². The lowest BCUT2D eigenvalue weighted by Crippen LogP contribution is -2.43. The summed E-state index contributed by atoms with van der Waals surface area (Å²) in [4.78, 5) is 54.1. The lowest BCUT2D eigenvalue weighted by molar-refractivity contribution is -0.119. The number of anilines is 1. The molecule has 2 aliphatic rings. The van der Waals surface area contributed by atoms with Crippen LogP contribution in [-0.4, -0.2) is 50.8 Å². The molecule has 12 nitrogen and oxygen atoms in total. The Kier molecular flexibility index (Phi) is 8.68. The van der Waals surface area contributed by atoms with E-state index in [1.807, 2.05) is 6.07 Å². The topological polar surface area (TPSA) is 149 Å². The van der Waals surface area contributed by atoms with E-state index < -0.39 is 28.7 Å². The molecule has 1 fully saturated rings. The van der Waals surface area contributed by atoms with Crippen molar-refractivity contribution in [1.29, 1.82) is 0 Å². The fourth-order valence-corrected chi connectivity index (χ4v) is 6.63. The Morgan fingerprint density at radius 2 is 1.91 bits per heavy atom. The van der Waals surface area contributed by atoms with Gasteiger partial charge in [-0.05, 0) is 67.1 Å². The maximum atomic E-state index is 15.6. The number of aromatic nitrogens is 4. The van der Waals surface area contributed by atoms with Gasteiger partial charge in [-0.3, -0.25) is 19.0 Å². The van der Waals surface area contributed by atoms with Crippen LogP contribution in [0.1, 0.15) is 52.5 Å². The summed E-state index contributed by atoms with van der Waals surface area (Å²) < 4.78 is 23.0. The smallest absolute Gasteiger partial charge is 0.346 e. The Labute approximate surface area is 273 Å². The first-order valence-electron chi connectivity index (χ1n) is 15.1. The molecule has 1 saturated heterocycles. The first kappa shape index (κ1) is 32.1. The maximum Gasteiger partial charge on any atom is 0.346 e. The van der Waals surface area contributed by atoms with Crippen LogP contribution in [0, 0.1) is 12.7 Å². The molecule has 0 saturated carbocycles. The van der Waals surface area contributed by atoms with Crippen molar-refractivity contribution >= 4 is 29.1 Å². The standard InChI is InChI=1S/C33H33ClFN7O5/c1-16-19(6-5-7-22(16)38-30(44)29-32(45)41(2)33(46)42(3)40-29)27-21(35)11-10-20(28(27)34)24-14-17-8-12-23(26(17)31(39-24)47-4)36-15-18-9-13-25(43)37-18/h5-7,10-11,14,18,23,36H,8-9,12-13,15H2,1-4H3,(H,37,43)(H,38,44). The van der Waals surface area contributed by atoms with Crippen LogP contribution < -0.4 is 31.9 Å². The number of carbonyl (C=O) groups excluding carboxylic acids is 2. The van der Waals surface area contributed by atoms with Gasteiger partial charge in [0.05, 0.1) is 17.8 Å². The van der Waals surface area contributed by atoms with E-state index in [0.717, 1.165) is 39.6 Å². The van der Waals surface area contributed by atoms with Crippen molar-refractivity contribution in [2.45, 2.75) is 44.7 Å². The Bertz CT molecular complexity index is 2060. The number of amides is 2. The highest BCUT2D eigenvalue weighted by Gasteiger charge is 2.31. The summed E-state index contributed by atoms with van der Waals surface area (Å²) in [6.45, 7) is 2.34. The molecule has 47 heavy (non-hydrogen) atoms. The molecular weight excluding hydrogens is 629 g/mol.